The molecular formula is C25H20ClN3O3S. The average molecular weight is 478 g/mol. The highest BCUT2D eigenvalue weighted by Gasteiger charge is 2.40. The maximum absolute atomic E-state index is 13.4. The van der Waals surface area contributed by atoms with E-state index in [2.05, 4.69) is 5.32 Å². The fourth-order valence-electron chi connectivity index (χ4n) is 3.42. The highest BCUT2D eigenvalue weighted by molar-refractivity contribution is 8.05. The van der Waals surface area contributed by atoms with Crippen LogP contribution in [0.1, 0.15) is 16.9 Å². The zero-order valence-corrected chi connectivity index (χ0v) is 19.3. The highest BCUT2D eigenvalue weighted by atomic mass is 35.5. The molecular weight excluding hydrogens is 458 g/mol. The number of nitrogens with one attached hydrogen (secondary N) is 1. The van der Waals surface area contributed by atoms with Gasteiger partial charge < -0.3 is 9.73 Å². The first-order valence-corrected chi connectivity index (χ1v) is 11.5. The van der Waals surface area contributed by atoms with Crippen LogP contribution in [-0.2, 0) is 22.6 Å². The SMILES string of the molecule is Cc1ccc(N2C(=O)[C@@H](Cc3ccc(Cl)cc3)S/C2=C(/C#N)C(=O)NCc2ccco2)cc1. The van der Waals surface area contributed by atoms with Gasteiger partial charge in [0, 0.05) is 10.7 Å². The summed E-state index contributed by atoms with van der Waals surface area (Å²) in [5.74, 6) is -0.175. The Morgan fingerprint density at radius 1 is 1.18 bits per heavy atom. The topological polar surface area (TPSA) is 86.3 Å². The lowest BCUT2D eigenvalue weighted by molar-refractivity contribution is -0.117. The average Bonchev–Trinajstić information content (AvgIpc) is 3.44. The van der Waals surface area contributed by atoms with Crippen molar-refractivity contribution in [2.75, 3.05) is 4.90 Å². The van der Waals surface area contributed by atoms with Gasteiger partial charge in [0.2, 0.25) is 5.91 Å². The Morgan fingerprint density at radius 3 is 2.55 bits per heavy atom. The van der Waals surface area contributed by atoms with Gasteiger partial charge in [-0.3, -0.25) is 14.5 Å². The normalized spacial score (nSPS) is 17.1. The summed E-state index contributed by atoms with van der Waals surface area (Å²) in [7, 11) is 0. The highest BCUT2D eigenvalue weighted by Crippen LogP contribution is 2.42. The molecule has 2 aromatic carbocycles. The molecule has 33 heavy (non-hydrogen) atoms. The number of halogens is 1. The molecule has 6 nitrogen and oxygen atoms in total. The van der Waals surface area contributed by atoms with E-state index in [4.69, 9.17) is 16.0 Å². The summed E-state index contributed by atoms with van der Waals surface area (Å²) in [4.78, 5) is 27.8. The van der Waals surface area contributed by atoms with Gasteiger partial charge in [-0.25, -0.2) is 0 Å². The quantitative estimate of drug-likeness (QED) is 0.399. The zero-order chi connectivity index (χ0) is 23.4. The van der Waals surface area contributed by atoms with Gasteiger partial charge >= 0.3 is 0 Å². The van der Waals surface area contributed by atoms with Gasteiger partial charge in [0.15, 0.2) is 0 Å². The van der Waals surface area contributed by atoms with Crippen molar-refractivity contribution in [2.45, 2.75) is 25.1 Å². The minimum Gasteiger partial charge on any atom is -0.467 e. The maximum Gasteiger partial charge on any atom is 0.265 e. The predicted molar refractivity (Wildman–Crippen MR) is 128 cm³/mol. The van der Waals surface area contributed by atoms with E-state index in [0.717, 1.165) is 11.1 Å². The lowest BCUT2D eigenvalue weighted by Gasteiger charge is -2.19. The fourth-order valence-corrected chi connectivity index (χ4v) is 4.85. The minimum absolute atomic E-state index is 0.112. The molecule has 1 atom stereocenters. The van der Waals surface area contributed by atoms with Crippen LogP contribution < -0.4 is 10.2 Å². The van der Waals surface area contributed by atoms with Gasteiger partial charge in [0.1, 0.15) is 22.4 Å². The predicted octanol–water partition coefficient (Wildman–Crippen LogP) is 4.98. The van der Waals surface area contributed by atoms with Gasteiger partial charge in [0.05, 0.1) is 18.1 Å². The van der Waals surface area contributed by atoms with E-state index in [1.165, 1.54) is 22.9 Å². The van der Waals surface area contributed by atoms with Crippen molar-refractivity contribution in [3.63, 3.8) is 0 Å². The number of hydrogen-bond acceptors (Lipinski definition) is 5. The second kappa shape index (κ2) is 9.99. The smallest absolute Gasteiger partial charge is 0.265 e. The lowest BCUT2D eigenvalue weighted by atomic mass is 10.1. The fraction of sp³-hybridized carbons (Fsp3) is 0.160. The number of anilines is 1. The van der Waals surface area contributed by atoms with Crippen molar-refractivity contribution < 1.29 is 14.0 Å². The molecule has 0 radical (unpaired) electrons. The number of aryl methyl sites for hydroxylation is 1. The largest absolute Gasteiger partial charge is 0.467 e. The summed E-state index contributed by atoms with van der Waals surface area (Å²) in [5, 5.41) is 13.0. The molecule has 2 heterocycles. The Bertz CT molecular complexity index is 1230. The van der Waals surface area contributed by atoms with Gasteiger partial charge in [-0.1, -0.05) is 53.2 Å². The molecule has 1 aliphatic heterocycles. The van der Waals surface area contributed by atoms with Crippen LogP contribution in [-0.4, -0.2) is 17.1 Å². The summed E-state index contributed by atoms with van der Waals surface area (Å²) in [6, 6.07) is 20.2. The zero-order valence-electron chi connectivity index (χ0n) is 17.7. The molecule has 0 unspecified atom stereocenters. The third kappa shape index (κ3) is 5.14. The Kier molecular flexibility index (Phi) is 6.87. The van der Waals surface area contributed by atoms with Gasteiger partial charge in [-0.2, -0.15) is 5.26 Å². The standard InChI is InChI=1S/C25H20ClN3O3S/c1-16-4-10-19(11-5-16)29-24(31)22(13-17-6-8-18(26)9-7-17)33-25(29)21(14-27)23(30)28-15-20-3-2-12-32-20/h2-12,22H,13,15H2,1H3,(H,28,30)/b25-21-/t22-/m1/s1. The number of carbonyl (C=O) groups is 2. The molecule has 0 saturated carbocycles. The van der Waals surface area contributed by atoms with Crippen molar-refractivity contribution in [3.05, 3.63) is 99.4 Å². The number of thioether (sulfide) groups is 1. The van der Waals surface area contributed by atoms with Crippen LogP contribution in [0.3, 0.4) is 0 Å². The summed E-state index contributed by atoms with van der Waals surface area (Å²) >= 11 is 7.21. The molecule has 1 fully saturated rings. The number of furan rings is 1. The number of hydrogen-bond donors (Lipinski definition) is 1. The molecule has 166 valence electrons. The number of nitrogens with zero attached hydrogens (tertiary/aromatic N) is 2. The second-order valence-corrected chi connectivity index (χ2v) is 9.13. The lowest BCUT2D eigenvalue weighted by Crippen LogP contribution is -2.32. The molecule has 1 N–H and O–H groups in total. The van der Waals surface area contributed by atoms with E-state index in [1.54, 1.807) is 24.3 Å². The summed E-state index contributed by atoms with van der Waals surface area (Å²) in [6.07, 6.45) is 1.95. The van der Waals surface area contributed by atoms with Crippen LogP contribution in [0.25, 0.3) is 0 Å². The molecule has 0 bridgehead atoms. The Balaban J connectivity index is 1.67. The summed E-state index contributed by atoms with van der Waals surface area (Å²) in [5.41, 5.74) is 2.48. The molecule has 4 rings (SSSR count). The molecule has 1 saturated heterocycles. The van der Waals surface area contributed by atoms with Crippen molar-refractivity contribution >= 4 is 40.9 Å². The third-order valence-electron chi connectivity index (χ3n) is 5.14. The van der Waals surface area contributed by atoms with Crippen LogP contribution >= 0.6 is 23.4 Å². The summed E-state index contributed by atoms with van der Waals surface area (Å²) in [6.45, 7) is 2.09. The number of carbonyl (C=O) groups excluding carboxylic acids is 2. The Hall–Kier alpha value is -3.47. The second-order valence-electron chi connectivity index (χ2n) is 7.50. The molecule has 0 spiro atoms. The van der Waals surface area contributed by atoms with Crippen molar-refractivity contribution in [2.24, 2.45) is 0 Å². The maximum atomic E-state index is 13.4. The van der Waals surface area contributed by atoms with Crippen LogP contribution in [0, 0.1) is 18.3 Å². The van der Waals surface area contributed by atoms with Crippen molar-refractivity contribution in [1.82, 2.24) is 5.32 Å². The molecule has 8 heteroatoms. The van der Waals surface area contributed by atoms with Gasteiger partial charge in [0.25, 0.3) is 5.91 Å². The molecule has 2 amide bonds. The van der Waals surface area contributed by atoms with E-state index in [0.29, 0.717) is 27.9 Å². The molecule has 0 aliphatic carbocycles. The van der Waals surface area contributed by atoms with Crippen LogP contribution in [0.2, 0.25) is 5.02 Å². The first kappa shape index (κ1) is 22.7. The number of nitriles is 1. The number of benzene rings is 2. The molecule has 1 aliphatic rings. The van der Waals surface area contributed by atoms with Gasteiger partial charge in [-0.15, -0.1) is 0 Å². The van der Waals surface area contributed by atoms with E-state index in [9.17, 15) is 14.9 Å². The molecule has 3 aromatic rings. The van der Waals surface area contributed by atoms with E-state index in [-0.39, 0.29) is 18.0 Å². The van der Waals surface area contributed by atoms with Crippen LogP contribution in [0.15, 0.2) is 81.9 Å². The van der Waals surface area contributed by atoms with E-state index >= 15 is 0 Å². The van der Waals surface area contributed by atoms with E-state index in [1.807, 2.05) is 49.4 Å². The number of amides is 2. The monoisotopic (exact) mass is 477 g/mol. The first-order valence-electron chi connectivity index (χ1n) is 10.2. The van der Waals surface area contributed by atoms with Crippen molar-refractivity contribution in [3.8, 4) is 6.07 Å². The van der Waals surface area contributed by atoms with Crippen LogP contribution in [0.4, 0.5) is 5.69 Å². The number of rotatable bonds is 6. The minimum atomic E-state index is -0.562. The van der Waals surface area contributed by atoms with Crippen LogP contribution in [0.5, 0.6) is 0 Å². The summed E-state index contributed by atoms with van der Waals surface area (Å²) < 4.78 is 5.24. The Labute approximate surface area is 200 Å². The van der Waals surface area contributed by atoms with Crippen molar-refractivity contribution in [1.29, 1.82) is 5.26 Å². The third-order valence-corrected chi connectivity index (χ3v) is 6.65. The first-order chi connectivity index (χ1) is 16.0. The van der Waals surface area contributed by atoms with Gasteiger partial charge in [-0.05, 0) is 55.3 Å². The van der Waals surface area contributed by atoms with E-state index < -0.39 is 11.2 Å². The molecule has 1 aromatic heterocycles. The Morgan fingerprint density at radius 2 is 1.91 bits per heavy atom.